The zero-order chi connectivity index (χ0) is 30.5. The second kappa shape index (κ2) is 13.3. The smallest absolute Gasteiger partial charge is 0.338 e. The molecule has 0 amide bonds. The minimum atomic E-state index is -0.656. The van der Waals surface area contributed by atoms with Crippen molar-refractivity contribution in [2.45, 2.75) is 32.4 Å². The van der Waals surface area contributed by atoms with Gasteiger partial charge in [0, 0.05) is 10.6 Å². The lowest BCUT2D eigenvalue weighted by molar-refractivity contribution is -0.136. The van der Waals surface area contributed by atoms with Crippen LogP contribution in [0.4, 0.5) is 0 Å². The van der Waals surface area contributed by atoms with Gasteiger partial charge in [0.05, 0.1) is 36.1 Å². The predicted octanol–water partition coefficient (Wildman–Crippen LogP) is 5.77. The van der Waals surface area contributed by atoms with Crippen molar-refractivity contribution in [1.82, 2.24) is 4.57 Å². The van der Waals surface area contributed by atoms with Crippen molar-refractivity contribution in [3.8, 4) is 11.5 Å². The Hall–Kier alpha value is -4.40. The van der Waals surface area contributed by atoms with Crippen LogP contribution in [0.5, 0.6) is 11.5 Å². The molecular weight excluding hydrogens is 584 g/mol. The van der Waals surface area contributed by atoms with Crippen LogP contribution in [0.25, 0.3) is 6.08 Å². The van der Waals surface area contributed by atoms with Gasteiger partial charge in [0.2, 0.25) is 0 Å². The number of thiazole rings is 1. The summed E-state index contributed by atoms with van der Waals surface area (Å²) in [6.07, 6.45) is 4.66. The van der Waals surface area contributed by atoms with Crippen LogP contribution in [0.2, 0.25) is 5.02 Å². The van der Waals surface area contributed by atoms with Gasteiger partial charge in [-0.25, -0.2) is 9.79 Å². The molecule has 5 rings (SSSR count). The third-order valence-corrected chi connectivity index (χ3v) is 8.33. The van der Waals surface area contributed by atoms with Crippen molar-refractivity contribution in [3.63, 3.8) is 0 Å². The molecule has 3 aromatic carbocycles. The quantitative estimate of drug-likeness (QED) is 0.167. The van der Waals surface area contributed by atoms with Crippen LogP contribution in [-0.2, 0) is 22.6 Å². The Bertz CT molecular complexity index is 1870. The molecule has 9 heteroatoms. The lowest BCUT2D eigenvalue weighted by Gasteiger charge is -2.25. The number of carbonyl (C=O) groups is 1. The summed E-state index contributed by atoms with van der Waals surface area (Å²) >= 11 is 7.31. The Kier molecular flexibility index (Phi) is 9.28. The molecule has 7 nitrogen and oxygen atoms in total. The molecule has 1 atom stereocenters. The predicted molar refractivity (Wildman–Crippen MR) is 170 cm³/mol. The summed E-state index contributed by atoms with van der Waals surface area (Å²) < 4.78 is 19.1. The van der Waals surface area contributed by atoms with E-state index in [2.05, 4.69) is 6.58 Å². The number of hydrogen-bond donors (Lipinski definition) is 0. The van der Waals surface area contributed by atoms with Crippen LogP contribution in [0.15, 0.2) is 100 Å². The maximum atomic E-state index is 14.0. The number of esters is 1. The molecular formula is C34H31ClN2O5S. The number of rotatable bonds is 10. The van der Waals surface area contributed by atoms with Gasteiger partial charge in [-0.05, 0) is 59.9 Å². The van der Waals surface area contributed by atoms with E-state index in [0.717, 1.165) is 22.3 Å². The molecule has 0 saturated carbocycles. The average Bonchev–Trinajstić information content (AvgIpc) is 3.34. The van der Waals surface area contributed by atoms with Gasteiger partial charge in [0.15, 0.2) is 16.3 Å². The number of methoxy groups -OCH3 is 2. The largest absolute Gasteiger partial charge is 0.493 e. The Labute approximate surface area is 258 Å². The van der Waals surface area contributed by atoms with Crippen LogP contribution >= 0.6 is 22.9 Å². The number of benzene rings is 3. The highest BCUT2D eigenvalue weighted by Gasteiger charge is 2.33. The zero-order valence-corrected chi connectivity index (χ0v) is 25.7. The lowest BCUT2D eigenvalue weighted by Crippen LogP contribution is -2.40. The molecule has 1 aliphatic rings. The molecule has 0 radical (unpaired) electrons. The minimum absolute atomic E-state index is 0.249. The van der Waals surface area contributed by atoms with E-state index in [1.54, 1.807) is 17.8 Å². The number of aromatic nitrogens is 1. The summed E-state index contributed by atoms with van der Waals surface area (Å²) in [5.74, 6) is 0.641. The first-order valence-corrected chi connectivity index (χ1v) is 14.9. The molecule has 220 valence electrons. The van der Waals surface area contributed by atoms with E-state index in [0.29, 0.717) is 56.6 Å². The van der Waals surface area contributed by atoms with E-state index in [4.69, 9.17) is 30.8 Å². The summed E-state index contributed by atoms with van der Waals surface area (Å²) in [5.41, 5.74) is 4.11. The monoisotopic (exact) mass is 614 g/mol. The Morgan fingerprint density at radius 3 is 2.51 bits per heavy atom. The molecule has 4 aromatic rings. The van der Waals surface area contributed by atoms with Crippen LogP contribution in [0, 0.1) is 0 Å². The van der Waals surface area contributed by atoms with Gasteiger partial charge in [-0.1, -0.05) is 78.4 Å². The van der Waals surface area contributed by atoms with E-state index in [1.807, 2.05) is 79.7 Å². The van der Waals surface area contributed by atoms with Gasteiger partial charge >= 0.3 is 5.97 Å². The molecule has 0 fully saturated rings. The van der Waals surface area contributed by atoms with E-state index < -0.39 is 12.0 Å². The number of halogens is 1. The summed E-state index contributed by atoms with van der Waals surface area (Å²) in [7, 11) is 2.92. The summed E-state index contributed by atoms with van der Waals surface area (Å²) in [5, 5.41) is 0.658. The molecule has 0 bridgehead atoms. The Morgan fingerprint density at radius 1 is 1.12 bits per heavy atom. The summed E-state index contributed by atoms with van der Waals surface area (Å²) in [4.78, 5) is 32.3. The standard InChI is InChI=1S/C34H31ClN2O5S/c1-5-10-24-17-22(18-27(40-3)31(24)42-20-21-13-15-25(35)16-14-21)19-28-32(38)37-30(23-11-8-7-9-12-23)29(33(39)41-4)26(6-2)36-34(37)43-28/h5,7-9,11-19,30H,1,6,10,20H2,2-4H3/b28-19-/t30-/m1/s1. The number of allylic oxidation sites excluding steroid dienone is 2. The first-order valence-electron chi connectivity index (χ1n) is 13.8. The maximum absolute atomic E-state index is 14.0. The van der Waals surface area contributed by atoms with Gasteiger partial charge in [-0.15, -0.1) is 6.58 Å². The molecule has 43 heavy (non-hydrogen) atoms. The third-order valence-electron chi connectivity index (χ3n) is 7.10. The maximum Gasteiger partial charge on any atom is 0.338 e. The van der Waals surface area contributed by atoms with E-state index in [9.17, 15) is 9.59 Å². The van der Waals surface area contributed by atoms with Crippen LogP contribution in [0.3, 0.4) is 0 Å². The molecule has 0 unspecified atom stereocenters. The number of fused-ring (bicyclic) bond motifs is 1. The van der Waals surface area contributed by atoms with Crippen molar-refractivity contribution in [3.05, 3.63) is 138 Å². The van der Waals surface area contributed by atoms with Crippen molar-refractivity contribution in [2.24, 2.45) is 4.99 Å². The van der Waals surface area contributed by atoms with Gasteiger partial charge in [0.1, 0.15) is 6.61 Å². The Balaban J connectivity index is 1.62. The molecule has 1 aliphatic heterocycles. The number of nitrogens with zero attached hydrogens (tertiary/aromatic N) is 2. The molecule has 0 spiro atoms. The highest BCUT2D eigenvalue weighted by molar-refractivity contribution is 7.07. The van der Waals surface area contributed by atoms with Crippen molar-refractivity contribution < 1.29 is 19.0 Å². The summed E-state index contributed by atoms with van der Waals surface area (Å²) in [6, 6.07) is 20.1. The molecule has 0 N–H and O–H groups in total. The van der Waals surface area contributed by atoms with Gasteiger partial charge < -0.3 is 14.2 Å². The normalized spacial score (nSPS) is 14.6. The van der Waals surface area contributed by atoms with Crippen LogP contribution in [-0.4, -0.2) is 24.8 Å². The second-order valence-electron chi connectivity index (χ2n) is 9.82. The molecule has 1 aromatic heterocycles. The third kappa shape index (κ3) is 6.21. The summed E-state index contributed by atoms with van der Waals surface area (Å²) in [6.45, 7) is 6.17. The second-order valence-corrected chi connectivity index (χ2v) is 11.3. The van der Waals surface area contributed by atoms with Gasteiger partial charge in [-0.2, -0.15) is 0 Å². The van der Waals surface area contributed by atoms with Gasteiger partial charge in [-0.3, -0.25) is 9.36 Å². The fourth-order valence-electron chi connectivity index (χ4n) is 5.09. The van der Waals surface area contributed by atoms with E-state index >= 15 is 0 Å². The SMILES string of the molecule is C=CCc1cc(/C=c2\sc3n(c2=O)[C@H](c2ccccc2)C(C(=O)OC)=C(CC)N=3)cc(OC)c1OCc1ccc(Cl)cc1. The number of ether oxygens (including phenoxy) is 3. The highest BCUT2D eigenvalue weighted by atomic mass is 35.5. The van der Waals surface area contributed by atoms with Crippen molar-refractivity contribution in [1.29, 1.82) is 0 Å². The highest BCUT2D eigenvalue weighted by Crippen LogP contribution is 2.35. The first kappa shape index (κ1) is 30.1. The molecule has 0 saturated heterocycles. The molecule has 0 aliphatic carbocycles. The minimum Gasteiger partial charge on any atom is -0.493 e. The number of carbonyl (C=O) groups excluding carboxylic acids is 1. The van der Waals surface area contributed by atoms with Gasteiger partial charge in [0.25, 0.3) is 5.56 Å². The fourth-order valence-corrected chi connectivity index (χ4v) is 6.24. The number of hydrogen-bond acceptors (Lipinski definition) is 7. The van der Waals surface area contributed by atoms with E-state index in [1.165, 1.54) is 18.4 Å². The lowest BCUT2D eigenvalue weighted by atomic mass is 9.95. The first-order chi connectivity index (χ1) is 20.9. The molecule has 2 heterocycles. The topological polar surface area (TPSA) is 79.1 Å². The van der Waals surface area contributed by atoms with Crippen LogP contribution < -0.4 is 24.4 Å². The zero-order valence-electron chi connectivity index (χ0n) is 24.1. The van der Waals surface area contributed by atoms with Crippen molar-refractivity contribution >= 4 is 35.0 Å². The Morgan fingerprint density at radius 2 is 1.86 bits per heavy atom. The van der Waals surface area contributed by atoms with Crippen molar-refractivity contribution in [2.75, 3.05) is 14.2 Å². The average molecular weight is 615 g/mol. The van der Waals surface area contributed by atoms with E-state index in [-0.39, 0.29) is 5.56 Å². The van der Waals surface area contributed by atoms with Crippen LogP contribution in [0.1, 0.15) is 41.6 Å². The fraction of sp³-hybridized carbons (Fsp3) is 0.206.